The van der Waals surface area contributed by atoms with Gasteiger partial charge in [-0.1, -0.05) is 17.3 Å². The Bertz CT molecular complexity index is 2230. The van der Waals surface area contributed by atoms with E-state index in [0.29, 0.717) is 29.3 Å². The van der Waals surface area contributed by atoms with Crippen LogP contribution in [0.4, 0.5) is 9.93 Å². The molecule has 0 radical (unpaired) electrons. The molecule has 60 heavy (non-hydrogen) atoms. The van der Waals surface area contributed by atoms with Gasteiger partial charge in [-0.2, -0.15) is 9.36 Å². The highest BCUT2D eigenvalue weighted by atomic mass is 79.9. The van der Waals surface area contributed by atoms with Gasteiger partial charge in [-0.25, -0.2) is 14.2 Å². The zero-order chi connectivity index (χ0) is 42.1. The quantitative estimate of drug-likeness (QED) is 0.0242. The first kappa shape index (κ1) is 45.9. The molecule has 3 amide bonds. The lowest BCUT2D eigenvalue weighted by atomic mass is 10.0. The van der Waals surface area contributed by atoms with Crippen molar-refractivity contribution in [1.29, 1.82) is 0 Å². The third kappa shape index (κ3) is 11.2. The molecule has 1 aromatic carbocycles. The standard InChI is InChI=1S/C38H47N11O8S2.BrH/c1-6-56-45-27(30-43-36(59-46-30)44-37(53)57-38(2,3)4)32(50)42-28-33(51)49-29(35(52)55-20-23-10-12-25(54-5)13-11-23)24(21-58-34(28)49)19-47-17-7-9-26-31(47)41-22-48(26)18-8-15-40-16-14-39;/h7,9-13,17,22,28,34,40H,6,8,14-16,18-21,39H2,1-5H3,(H-,42,43,44,46,50,53);1H/b45-27-;. The third-order valence-electron chi connectivity index (χ3n) is 8.89. The van der Waals surface area contributed by atoms with Crippen LogP contribution in [0, 0.1) is 0 Å². The number of hydrogen-bond donors (Lipinski definition) is 4. The van der Waals surface area contributed by atoms with Crippen molar-refractivity contribution in [2.24, 2.45) is 10.9 Å². The van der Waals surface area contributed by atoms with Crippen molar-refractivity contribution in [3.63, 3.8) is 0 Å². The van der Waals surface area contributed by atoms with Crippen molar-refractivity contribution in [1.82, 2.24) is 34.4 Å². The zero-order valence-electron chi connectivity index (χ0n) is 33.8. The number of imidazole rings is 1. The lowest BCUT2D eigenvalue weighted by Crippen LogP contribution is -3.00. The summed E-state index contributed by atoms with van der Waals surface area (Å²) in [7, 11) is 1.57. The number of thioether (sulfide) groups is 1. The van der Waals surface area contributed by atoms with Gasteiger partial charge in [-0.3, -0.25) is 19.8 Å². The van der Waals surface area contributed by atoms with Crippen LogP contribution in [0.5, 0.6) is 5.75 Å². The van der Waals surface area contributed by atoms with Crippen molar-refractivity contribution < 1.29 is 59.8 Å². The van der Waals surface area contributed by atoms with Gasteiger partial charge in [0.25, 0.3) is 11.8 Å². The van der Waals surface area contributed by atoms with E-state index in [0.717, 1.165) is 48.7 Å². The molecule has 6 rings (SSSR count). The fraction of sp³-hybridized carbons (Fsp3) is 0.447. The Kier molecular flexibility index (Phi) is 16.0. The molecule has 4 aromatic rings. The van der Waals surface area contributed by atoms with Gasteiger partial charge in [-0.05, 0) is 75.5 Å². The molecule has 5 N–H and O–H groups in total. The van der Waals surface area contributed by atoms with Gasteiger partial charge in [0.1, 0.15) is 53.7 Å². The fourth-order valence-electron chi connectivity index (χ4n) is 6.21. The summed E-state index contributed by atoms with van der Waals surface area (Å²) < 4.78 is 24.5. The van der Waals surface area contributed by atoms with Crippen molar-refractivity contribution in [2.45, 2.75) is 70.8 Å². The molecule has 2 aliphatic rings. The van der Waals surface area contributed by atoms with E-state index in [-0.39, 0.29) is 59.1 Å². The smallest absolute Gasteiger partial charge is 0.414 e. The monoisotopic (exact) mass is 929 g/mol. The molecular weight excluding hydrogens is 883 g/mol. The number of hydrogen-bond acceptors (Lipinski definition) is 16. The van der Waals surface area contributed by atoms with Gasteiger partial charge in [0, 0.05) is 42.5 Å². The fourth-order valence-corrected chi connectivity index (χ4v) is 8.10. The molecule has 0 aliphatic carbocycles. The maximum absolute atomic E-state index is 14.1. The van der Waals surface area contributed by atoms with Gasteiger partial charge in [-0.15, -0.1) is 11.8 Å². The molecule has 1 saturated heterocycles. The lowest BCUT2D eigenvalue weighted by Gasteiger charge is -2.49. The number of pyridine rings is 1. The molecule has 22 heteroatoms. The van der Waals surface area contributed by atoms with Gasteiger partial charge in [0.2, 0.25) is 23.0 Å². The number of carbonyl (C=O) groups excluding carboxylic acids is 4. The Labute approximate surface area is 365 Å². The average Bonchev–Trinajstić information content (AvgIpc) is 3.85. The van der Waals surface area contributed by atoms with Gasteiger partial charge >= 0.3 is 17.7 Å². The van der Waals surface area contributed by atoms with E-state index in [2.05, 4.69) is 35.0 Å². The molecule has 5 heterocycles. The summed E-state index contributed by atoms with van der Waals surface area (Å²) in [5.74, 6) is -1.12. The number of β-lactam (4-membered cyclic amide) rings is 1. The summed E-state index contributed by atoms with van der Waals surface area (Å²) in [5, 5.41) is 11.9. The molecule has 19 nitrogen and oxygen atoms in total. The molecule has 3 aromatic heterocycles. The van der Waals surface area contributed by atoms with Gasteiger partial charge in [0.05, 0.1) is 13.3 Å². The zero-order valence-corrected chi connectivity index (χ0v) is 37.0. The highest BCUT2D eigenvalue weighted by molar-refractivity contribution is 8.00. The first-order valence-electron chi connectivity index (χ1n) is 19.0. The molecule has 322 valence electrons. The van der Waals surface area contributed by atoms with Crippen LogP contribution in [0.25, 0.3) is 11.2 Å². The highest BCUT2D eigenvalue weighted by Crippen LogP contribution is 2.41. The number of oxime groups is 1. The van der Waals surface area contributed by atoms with Gasteiger partial charge in [0.15, 0.2) is 0 Å². The van der Waals surface area contributed by atoms with Crippen LogP contribution in [-0.4, -0.2) is 110 Å². The van der Waals surface area contributed by atoms with E-state index < -0.39 is 40.9 Å². The molecule has 0 bridgehead atoms. The Hall–Kier alpha value is -5.16. The minimum Gasteiger partial charge on any atom is -1.00 e. The second-order valence-electron chi connectivity index (χ2n) is 14.3. The Morgan fingerprint density at radius 2 is 1.92 bits per heavy atom. The number of benzene rings is 1. The van der Waals surface area contributed by atoms with Crippen LogP contribution in [0.15, 0.2) is 65.3 Å². The first-order valence-corrected chi connectivity index (χ1v) is 20.8. The number of carbonyl (C=O) groups is 4. The maximum atomic E-state index is 14.1. The number of rotatable bonds is 18. The van der Waals surface area contributed by atoms with Crippen LogP contribution in [0.3, 0.4) is 0 Å². The van der Waals surface area contributed by atoms with E-state index >= 15 is 0 Å². The molecule has 0 saturated carbocycles. The number of aromatic nitrogens is 5. The summed E-state index contributed by atoms with van der Waals surface area (Å²) in [4.78, 5) is 69.6. The molecule has 2 atom stereocenters. The third-order valence-corrected chi connectivity index (χ3v) is 10.9. The van der Waals surface area contributed by atoms with Crippen LogP contribution < -0.4 is 48.0 Å². The molecule has 2 unspecified atom stereocenters. The Balaban J connectivity index is 0.00000683. The average molecular weight is 931 g/mol. The summed E-state index contributed by atoms with van der Waals surface area (Å²) in [6, 6.07) is 9.99. The Morgan fingerprint density at radius 3 is 2.63 bits per heavy atom. The highest BCUT2D eigenvalue weighted by Gasteiger charge is 2.55. The number of nitrogens with two attached hydrogens (primary N) is 1. The van der Waals surface area contributed by atoms with Crippen molar-refractivity contribution in [3.05, 3.63) is 71.6 Å². The summed E-state index contributed by atoms with van der Waals surface area (Å²) in [6.07, 6.45) is 3.81. The minimum atomic E-state index is -1.03. The number of aryl methyl sites for hydroxylation is 1. The second-order valence-corrected chi connectivity index (χ2v) is 16.2. The van der Waals surface area contributed by atoms with Gasteiger partial charge < -0.3 is 57.0 Å². The Morgan fingerprint density at radius 1 is 1.13 bits per heavy atom. The lowest BCUT2D eigenvalue weighted by molar-refractivity contribution is -0.664. The number of esters is 1. The van der Waals surface area contributed by atoms with Crippen LogP contribution >= 0.6 is 23.3 Å². The first-order chi connectivity index (χ1) is 28.4. The van der Waals surface area contributed by atoms with Crippen LogP contribution in [0.1, 0.15) is 45.5 Å². The summed E-state index contributed by atoms with van der Waals surface area (Å²) in [6.45, 7) is 10.1. The number of fused-ring (bicyclic) bond motifs is 2. The second kappa shape index (κ2) is 20.9. The molecule has 1 fully saturated rings. The summed E-state index contributed by atoms with van der Waals surface area (Å²) >= 11 is 2.21. The SMILES string of the molecule is CCO/N=C(\C(=O)NC1C(=O)N2C(C(=O)OCc3ccc(OC)cc3)=C(C[n+]3cccc4c3ncn4CCCNCCN)CSC12)c1nsc(NC(=O)OC(C)(C)C)n1.[Br-]. The molecule has 0 spiro atoms. The van der Waals surface area contributed by atoms with E-state index in [4.69, 9.17) is 29.8 Å². The number of halogens is 1. The van der Waals surface area contributed by atoms with E-state index in [9.17, 15) is 19.2 Å². The normalized spacial score (nSPS) is 16.4. The number of amides is 3. The predicted octanol–water partition coefficient (Wildman–Crippen LogP) is -0.688. The molecule has 2 aliphatic heterocycles. The van der Waals surface area contributed by atoms with Crippen LogP contribution in [0.2, 0.25) is 0 Å². The number of anilines is 1. The van der Waals surface area contributed by atoms with E-state index in [1.165, 1.54) is 16.7 Å². The topological polar surface area (TPSA) is 230 Å². The number of ether oxygens (including phenoxy) is 3. The molecular formula is C38H48BrN11O8S2. The van der Waals surface area contributed by atoms with Crippen molar-refractivity contribution >= 4 is 69.2 Å². The number of nitrogens with one attached hydrogen (secondary N) is 3. The number of methoxy groups -OCH3 is 1. The number of nitrogens with zero attached hydrogens (tertiary/aromatic N) is 7. The van der Waals surface area contributed by atoms with Crippen molar-refractivity contribution in [3.8, 4) is 5.75 Å². The van der Waals surface area contributed by atoms with E-state index in [1.54, 1.807) is 65.4 Å². The van der Waals surface area contributed by atoms with Crippen LogP contribution in [-0.2, 0) is 48.4 Å². The van der Waals surface area contributed by atoms with E-state index in [1.807, 2.05) is 22.9 Å². The minimum absolute atomic E-state index is 0. The van der Waals surface area contributed by atoms with Crippen molar-refractivity contribution in [2.75, 3.05) is 44.4 Å². The maximum Gasteiger partial charge on any atom is 0.414 e. The summed E-state index contributed by atoms with van der Waals surface area (Å²) in [5.41, 5.74) is 7.67. The predicted molar refractivity (Wildman–Crippen MR) is 219 cm³/mol. The largest absolute Gasteiger partial charge is 1.00 e.